The Morgan fingerprint density at radius 3 is 1.17 bits per heavy atom. The molecule has 0 fully saturated rings. The van der Waals surface area contributed by atoms with Crippen LogP contribution in [0.15, 0.2) is 70.5 Å². The van der Waals surface area contributed by atoms with Crippen LogP contribution in [0.3, 0.4) is 0 Å². The van der Waals surface area contributed by atoms with E-state index in [-0.39, 0.29) is 47.5 Å². The van der Waals surface area contributed by atoms with Gasteiger partial charge in [0.1, 0.15) is 20.2 Å². The Morgan fingerprint density at radius 2 is 0.878 bits per heavy atom. The van der Waals surface area contributed by atoms with Gasteiger partial charge in [-0.15, -0.1) is 0 Å². The summed E-state index contributed by atoms with van der Waals surface area (Å²) in [6.07, 6.45) is 6.74. The molecule has 6 nitrogen and oxygen atoms in total. The van der Waals surface area contributed by atoms with Gasteiger partial charge in [-0.1, -0.05) is 102 Å². The van der Waals surface area contributed by atoms with Crippen LogP contribution in [-0.2, 0) is 45.9 Å². The second-order valence-corrected chi connectivity index (χ2v) is 12.8. The van der Waals surface area contributed by atoms with Crippen molar-refractivity contribution in [3.05, 3.63) is 82.9 Å². The molecule has 0 saturated carbocycles. The number of rotatable bonds is 10. The van der Waals surface area contributed by atoms with Crippen molar-refractivity contribution in [1.29, 1.82) is 0 Å². The quantitative estimate of drug-likeness (QED) is 0.140. The minimum Gasteiger partial charge on any atom is -0.744 e. The molecule has 0 heterocycles. The van der Waals surface area contributed by atoms with Gasteiger partial charge in [-0.2, -0.15) is 0 Å². The van der Waals surface area contributed by atoms with Crippen LogP contribution in [0, 0.1) is 0 Å². The standard InChI is InChI=1S/2C16H20O3S.Ca/c2*1-3-6-12-10-14-9-5-8-13(7-4-2)16(14)15(11-12)20(17,18)19;/h2*5,8-11H,3-4,6-7H2,1-2H3,(H,17,18,19);/q;;+2/p-2. The third-order valence-electron chi connectivity index (χ3n) is 6.83. The largest absolute Gasteiger partial charge is 2.00 e. The fourth-order valence-electron chi connectivity index (χ4n) is 5.26. The second kappa shape index (κ2) is 15.8. The first-order valence-electron chi connectivity index (χ1n) is 13.9. The SMILES string of the molecule is CCCc1cc(S(=O)(=O)[O-])c2c(CCC)cccc2c1.CCCc1cc(S(=O)(=O)[O-])c2c(CCC)cccc2c1.[Ca+2]. The van der Waals surface area contributed by atoms with Crippen LogP contribution < -0.4 is 0 Å². The fourth-order valence-corrected chi connectivity index (χ4v) is 6.85. The zero-order valence-electron chi connectivity index (χ0n) is 24.4. The molecule has 4 aromatic rings. The van der Waals surface area contributed by atoms with Crippen LogP contribution in [0.1, 0.15) is 75.6 Å². The third kappa shape index (κ3) is 9.23. The molecule has 4 rings (SSSR count). The molecular formula is C32H38CaO6S2. The van der Waals surface area contributed by atoms with Gasteiger partial charge >= 0.3 is 37.7 Å². The zero-order valence-corrected chi connectivity index (χ0v) is 28.2. The first-order valence-corrected chi connectivity index (χ1v) is 16.8. The van der Waals surface area contributed by atoms with Crippen molar-refractivity contribution in [2.45, 2.75) is 88.9 Å². The van der Waals surface area contributed by atoms with E-state index < -0.39 is 20.2 Å². The van der Waals surface area contributed by atoms with Crippen LogP contribution in [-0.4, -0.2) is 63.7 Å². The minimum absolute atomic E-state index is 0. The summed E-state index contributed by atoms with van der Waals surface area (Å²) in [7, 11) is -8.92. The summed E-state index contributed by atoms with van der Waals surface area (Å²) in [5.41, 5.74) is 3.68. The van der Waals surface area contributed by atoms with Gasteiger partial charge in [0, 0.05) is 10.8 Å². The average molecular weight is 623 g/mol. The maximum absolute atomic E-state index is 11.6. The molecule has 0 aliphatic heterocycles. The molecule has 0 aromatic heterocycles. The summed E-state index contributed by atoms with van der Waals surface area (Å²) in [5.74, 6) is 0. The second-order valence-electron chi connectivity index (χ2n) is 10.1. The molecule has 0 amide bonds. The van der Waals surface area contributed by atoms with Gasteiger partial charge in [0.2, 0.25) is 0 Å². The maximum atomic E-state index is 11.6. The van der Waals surface area contributed by atoms with Crippen molar-refractivity contribution < 1.29 is 25.9 Å². The number of hydrogen-bond acceptors (Lipinski definition) is 6. The van der Waals surface area contributed by atoms with Crippen molar-refractivity contribution in [2.75, 3.05) is 0 Å². The van der Waals surface area contributed by atoms with E-state index in [9.17, 15) is 25.9 Å². The number of fused-ring (bicyclic) bond motifs is 2. The molecule has 0 unspecified atom stereocenters. The Labute approximate surface area is 275 Å². The minimum atomic E-state index is -4.46. The molecular weight excluding hydrogens is 585 g/mol. The summed E-state index contributed by atoms with van der Waals surface area (Å²) in [6, 6.07) is 18.5. The van der Waals surface area contributed by atoms with E-state index in [2.05, 4.69) is 0 Å². The summed E-state index contributed by atoms with van der Waals surface area (Å²) < 4.78 is 69.6. The number of aryl methyl sites for hydroxylation is 4. The summed E-state index contributed by atoms with van der Waals surface area (Å²) in [5, 5.41) is 2.89. The van der Waals surface area contributed by atoms with E-state index in [0.29, 0.717) is 10.8 Å². The van der Waals surface area contributed by atoms with Gasteiger partial charge in [-0.25, -0.2) is 16.8 Å². The Balaban J connectivity index is 0.000000280. The maximum Gasteiger partial charge on any atom is 2.00 e. The monoisotopic (exact) mass is 622 g/mol. The van der Waals surface area contributed by atoms with E-state index in [0.717, 1.165) is 84.4 Å². The van der Waals surface area contributed by atoms with E-state index in [1.54, 1.807) is 12.1 Å². The topological polar surface area (TPSA) is 114 Å². The van der Waals surface area contributed by atoms with E-state index in [1.807, 2.05) is 76.2 Å². The van der Waals surface area contributed by atoms with E-state index in [4.69, 9.17) is 0 Å². The molecule has 9 heteroatoms. The van der Waals surface area contributed by atoms with Crippen molar-refractivity contribution in [3.63, 3.8) is 0 Å². The van der Waals surface area contributed by atoms with Gasteiger partial charge in [0.25, 0.3) is 0 Å². The molecule has 216 valence electrons. The van der Waals surface area contributed by atoms with Crippen LogP contribution in [0.25, 0.3) is 21.5 Å². The number of benzene rings is 4. The smallest absolute Gasteiger partial charge is 0.744 e. The van der Waals surface area contributed by atoms with E-state index >= 15 is 0 Å². The van der Waals surface area contributed by atoms with Gasteiger partial charge in [-0.3, -0.25) is 0 Å². The Kier molecular flexibility index (Phi) is 13.8. The molecule has 0 radical (unpaired) electrons. The van der Waals surface area contributed by atoms with Crippen molar-refractivity contribution >= 4 is 79.5 Å². The first-order chi connectivity index (χ1) is 18.9. The zero-order chi connectivity index (χ0) is 29.5. The molecule has 41 heavy (non-hydrogen) atoms. The van der Waals surface area contributed by atoms with Crippen molar-refractivity contribution in [2.24, 2.45) is 0 Å². The molecule has 0 saturated heterocycles. The molecule has 0 aliphatic carbocycles. The van der Waals surface area contributed by atoms with Crippen molar-refractivity contribution in [3.8, 4) is 0 Å². The summed E-state index contributed by atoms with van der Waals surface area (Å²) in [4.78, 5) is -0.134. The molecule has 0 atom stereocenters. The normalized spacial score (nSPS) is 11.7. The van der Waals surface area contributed by atoms with E-state index in [1.165, 1.54) is 0 Å². The van der Waals surface area contributed by atoms with Gasteiger partial charge in [0.15, 0.2) is 0 Å². The summed E-state index contributed by atoms with van der Waals surface area (Å²) >= 11 is 0. The van der Waals surface area contributed by atoms with Gasteiger partial charge < -0.3 is 9.11 Å². The van der Waals surface area contributed by atoms with Gasteiger partial charge in [0.05, 0.1) is 9.79 Å². The Morgan fingerprint density at radius 1 is 0.537 bits per heavy atom. The van der Waals surface area contributed by atoms with Gasteiger partial charge in [-0.05, 0) is 70.8 Å². The predicted octanol–water partition coefficient (Wildman–Crippen LogP) is 6.92. The third-order valence-corrected chi connectivity index (χ3v) is 8.55. The first kappa shape index (κ1) is 35.7. The molecule has 0 aliphatic rings. The molecule has 0 bridgehead atoms. The average Bonchev–Trinajstić information content (AvgIpc) is 2.88. The molecule has 4 aromatic carbocycles. The summed E-state index contributed by atoms with van der Waals surface area (Å²) in [6.45, 7) is 8.14. The van der Waals surface area contributed by atoms with Crippen LogP contribution in [0.4, 0.5) is 0 Å². The molecule has 0 spiro atoms. The van der Waals surface area contributed by atoms with Crippen LogP contribution >= 0.6 is 0 Å². The molecule has 0 N–H and O–H groups in total. The fraction of sp³-hybridized carbons (Fsp3) is 0.375. The van der Waals surface area contributed by atoms with Crippen molar-refractivity contribution in [1.82, 2.24) is 0 Å². The Bertz CT molecular complexity index is 1570. The number of hydrogen-bond donors (Lipinski definition) is 0. The van der Waals surface area contributed by atoms with Crippen LogP contribution in [0.5, 0.6) is 0 Å². The van der Waals surface area contributed by atoms with Crippen LogP contribution in [0.2, 0.25) is 0 Å². The Hall–Kier alpha value is -1.52. The predicted molar refractivity (Wildman–Crippen MR) is 166 cm³/mol.